The monoisotopic (exact) mass is 276 g/mol. The number of hydrogen-bond donors (Lipinski definition) is 1. The van der Waals surface area contributed by atoms with E-state index in [0.29, 0.717) is 12.8 Å². The molecule has 20 heavy (non-hydrogen) atoms. The molecule has 0 radical (unpaired) electrons. The van der Waals surface area contributed by atoms with Crippen LogP contribution in [0.2, 0.25) is 0 Å². The number of benzene rings is 1. The number of rotatable bonds is 6. The second-order valence-corrected chi connectivity index (χ2v) is 5.22. The Morgan fingerprint density at radius 3 is 2.75 bits per heavy atom. The molecule has 0 heterocycles. The van der Waals surface area contributed by atoms with Crippen LogP contribution >= 0.6 is 0 Å². The Labute approximate surface area is 118 Å². The molecule has 1 N–H and O–H groups in total. The zero-order chi connectivity index (χ0) is 14.4. The minimum atomic E-state index is -0.714. The molecule has 1 aliphatic rings. The highest BCUT2D eigenvalue weighted by Gasteiger charge is 2.30. The number of carbonyl (C=O) groups is 2. The third kappa shape index (κ3) is 4.17. The van der Waals surface area contributed by atoms with Crippen molar-refractivity contribution >= 4 is 11.8 Å². The summed E-state index contributed by atoms with van der Waals surface area (Å²) in [4.78, 5) is 23.1. The zero-order valence-electron chi connectivity index (χ0n) is 11.5. The van der Waals surface area contributed by atoms with E-state index in [9.17, 15) is 14.7 Å². The molecule has 1 aliphatic carbocycles. The largest absolute Gasteiger partial charge is 0.461 e. The summed E-state index contributed by atoms with van der Waals surface area (Å²) in [5, 5.41) is 9.92. The van der Waals surface area contributed by atoms with Gasteiger partial charge in [0.05, 0.1) is 6.10 Å². The quantitative estimate of drug-likeness (QED) is 0.809. The van der Waals surface area contributed by atoms with Crippen molar-refractivity contribution in [2.24, 2.45) is 5.92 Å². The SMILES string of the molecule is O=C(CC[C@H](O)[C@H]1CCCC1=O)OCc1ccccc1. The van der Waals surface area contributed by atoms with Crippen molar-refractivity contribution < 1.29 is 19.4 Å². The van der Waals surface area contributed by atoms with Crippen LogP contribution in [0.25, 0.3) is 0 Å². The molecule has 108 valence electrons. The highest BCUT2D eigenvalue weighted by atomic mass is 16.5. The fourth-order valence-electron chi connectivity index (χ4n) is 2.53. The maximum absolute atomic E-state index is 11.6. The molecule has 0 unspecified atom stereocenters. The average molecular weight is 276 g/mol. The second-order valence-electron chi connectivity index (χ2n) is 5.22. The van der Waals surface area contributed by atoms with Gasteiger partial charge in [0.15, 0.2) is 0 Å². The number of carbonyl (C=O) groups excluding carboxylic acids is 2. The molecule has 2 rings (SSSR count). The van der Waals surface area contributed by atoms with E-state index in [4.69, 9.17) is 4.74 Å². The number of hydrogen-bond acceptors (Lipinski definition) is 4. The van der Waals surface area contributed by atoms with Crippen molar-refractivity contribution in [3.05, 3.63) is 35.9 Å². The first-order chi connectivity index (χ1) is 9.66. The van der Waals surface area contributed by atoms with Gasteiger partial charge in [-0.25, -0.2) is 0 Å². The molecule has 0 spiro atoms. The van der Waals surface area contributed by atoms with Crippen LogP contribution in [0.1, 0.15) is 37.7 Å². The molecule has 1 fully saturated rings. The molecule has 1 aromatic rings. The fraction of sp³-hybridized carbons (Fsp3) is 0.500. The van der Waals surface area contributed by atoms with Crippen LogP contribution < -0.4 is 0 Å². The number of aliphatic hydroxyl groups is 1. The van der Waals surface area contributed by atoms with Crippen LogP contribution in [0.3, 0.4) is 0 Å². The summed E-state index contributed by atoms with van der Waals surface area (Å²) in [7, 11) is 0. The van der Waals surface area contributed by atoms with Crippen molar-refractivity contribution in [2.75, 3.05) is 0 Å². The van der Waals surface area contributed by atoms with Crippen molar-refractivity contribution in [3.8, 4) is 0 Å². The van der Waals surface area contributed by atoms with E-state index in [1.807, 2.05) is 30.3 Å². The molecule has 0 aliphatic heterocycles. The highest BCUT2D eigenvalue weighted by molar-refractivity contribution is 5.83. The first kappa shape index (κ1) is 14.7. The number of ketones is 1. The molecule has 0 aromatic heterocycles. The van der Waals surface area contributed by atoms with Crippen molar-refractivity contribution in [2.45, 2.75) is 44.8 Å². The Bertz CT molecular complexity index is 455. The summed E-state index contributed by atoms with van der Waals surface area (Å²) in [5.41, 5.74) is 0.937. The lowest BCUT2D eigenvalue weighted by Gasteiger charge is -2.15. The topological polar surface area (TPSA) is 63.6 Å². The van der Waals surface area contributed by atoms with Crippen molar-refractivity contribution in [3.63, 3.8) is 0 Å². The Morgan fingerprint density at radius 2 is 2.10 bits per heavy atom. The van der Waals surface area contributed by atoms with Gasteiger partial charge in [-0.05, 0) is 24.8 Å². The maximum atomic E-state index is 11.6. The van der Waals surface area contributed by atoms with Gasteiger partial charge in [-0.15, -0.1) is 0 Å². The van der Waals surface area contributed by atoms with Gasteiger partial charge < -0.3 is 9.84 Å². The summed E-state index contributed by atoms with van der Waals surface area (Å²) in [6.45, 7) is 0.248. The van der Waals surface area contributed by atoms with Crippen LogP contribution in [-0.2, 0) is 20.9 Å². The van der Waals surface area contributed by atoms with E-state index in [1.165, 1.54) is 0 Å². The first-order valence-corrected chi connectivity index (χ1v) is 7.07. The predicted octanol–water partition coefficient (Wildman–Crippen LogP) is 2.24. The van der Waals surface area contributed by atoms with Crippen LogP contribution in [0, 0.1) is 5.92 Å². The molecule has 1 saturated carbocycles. The predicted molar refractivity (Wildman–Crippen MR) is 73.8 cm³/mol. The smallest absolute Gasteiger partial charge is 0.306 e. The molecule has 4 nitrogen and oxygen atoms in total. The fourth-order valence-corrected chi connectivity index (χ4v) is 2.53. The number of Topliss-reactive ketones (excluding diaryl/α,β-unsaturated/α-hetero) is 1. The first-order valence-electron chi connectivity index (χ1n) is 7.07. The zero-order valence-corrected chi connectivity index (χ0v) is 11.5. The third-order valence-corrected chi connectivity index (χ3v) is 3.70. The summed E-state index contributed by atoms with van der Waals surface area (Å²) >= 11 is 0. The lowest BCUT2D eigenvalue weighted by atomic mass is 9.96. The standard InChI is InChI=1S/C16H20O4/c17-14-8-4-7-13(14)15(18)9-10-16(19)20-11-12-5-2-1-3-6-12/h1-3,5-6,13,15,18H,4,7-11H2/t13-,15-/m0/s1. The van der Waals surface area contributed by atoms with Crippen molar-refractivity contribution in [1.82, 2.24) is 0 Å². The Hall–Kier alpha value is -1.68. The molecule has 2 atom stereocenters. The van der Waals surface area contributed by atoms with Crippen LogP contribution in [-0.4, -0.2) is 23.0 Å². The van der Waals surface area contributed by atoms with Gasteiger partial charge in [-0.2, -0.15) is 0 Å². The summed E-state index contributed by atoms with van der Waals surface area (Å²) < 4.78 is 5.13. The Morgan fingerprint density at radius 1 is 1.35 bits per heavy atom. The minimum Gasteiger partial charge on any atom is -0.461 e. The molecule has 0 saturated heterocycles. The second kappa shape index (κ2) is 7.20. The van der Waals surface area contributed by atoms with Gasteiger partial charge in [-0.1, -0.05) is 30.3 Å². The van der Waals surface area contributed by atoms with Crippen LogP contribution in [0.15, 0.2) is 30.3 Å². The third-order valence-electron chi connectivity index (χ3n) is 3.70. The van der Waals surface area contributed by atoms with Gasteiger partial charge in [0.1, 0.15) is 12.4 Å². The van der Waals surface area contributed by atoms with Gasteiger partial charge in [0.25, 0.3) is 0 Å². The molecule has 4 heteroatoms. The number of aliphatic hydroxyl groups excluding tert-OH is 1. The lowest BCUT2D eigenvalue weighted by molar-refractivity contribution is -0.146. The van der Waals surface area contributed by atoms with Gasteiger partial charge >= 0.3 is 5.97 Å². The normalized spacial score (nSPS) is 19.9. The molecular formula is C16H20O4. The Balaban J connectivity index is 1.68. The highest BCUT2D eigenvalue weighted by Crippen LogP contribution is 2.26. The summed E-state index contributed by atoms with van der Waals surface area (Å²) in [6.07, 6.45) is 1.87. The van der Waals surface area contributed by atoms with E-state index >= 15 is 0 Å². The molecular weight excluding hydrogens is 256 g/mol. The Kier molecular flexibility index (Phi) is 5.30. The average Bonchev–Trinajstić information content (AvgIpc) is 2.90. The van der Waals surface area contributed by atoms with E-state index in [0.717, 1.165) is 18.4 Å². The maximum Gasteiger partial charge on any atom is 0.306 e. The molecule has 0 amide bonds. The summed E-state index contributed by atoms with van der Waals surface area (Å²) in [6, 6.07) is 9.45. The van der Waals surface area contributed by atoms with Crippen LogP contribution in [0.5, 0.6) is 0 Å². The lowest BCUT2D eigenvalue weighted by Crippen LogP contribution is -2.24. The van der Waals surface area contributed by atoms with Crippen molar-refractivity contribution in [1.29, 1.82) is 0 Å². The van der Waals surface area contributed by atoms with E-state index in [-0.39, 0.29) is 30.7 Å². The van der Waals surface area contributed by atoms with E-state index in [2.05, 4.69) is 0 Å². The van der Waals surface area contributed by atoms with Gasteiger partial charge in [-0.3, -0.25) is 9.59 Å². The van der Waals surface area contributed by atoms with E-state index in [1.54, 1.807) is 0 Å². The summed E-state index contributed by atoms with van der Waals surface area (Å²) in [5.74, 6) is -0.495. The number of ether oxygens (including phenoxy) is 1. The molecule has 1 aromatic carbocycles. The van der Waals surface area contributed by atoms with Crippen LogP contribution in [0.4, 0.5) is 0 Å². The van der Waals surface area contributed by atoms with Gasteiger partial charge in [0, 0.05) is 18.8 Å². The number of esters is 1. The van der Waals surface area contributed by atoms with E-state index < -0.39 is 6.10 Å². The molecule has 0 bridgehead atoms. The minimum absolute atomic E-state index is 0.121. The van der Waals surface area contributed by atoms with Gasteiger partial charge in [0.2, 0.25) is 0 Å².